The Hall–Kier alpha value is -3.03. The Bertz CT molecular complexity index is 753. The molecule has 13 nitrogen and oxygen atoms in total. The van der Waals surface area contributed by atoms with Gasteiger partial charge in [-0.3, -0.25) is 14.4 Å². The van der Waals surface area contributed by atoms with Gasteiger partial charge in [-0.15, -0.1) is 0 Å². The number of H-pyrrole nitrogens is 1. The van der Waals surface area contributed by atoms with Crippen LogP contribution in [-0.2, 0) is 25.6 Å². The molecule has 0 aliphatic heterocycles. The van der Waals surface area contributed by atoms with E-state index in [1.165, 1.54) is 19.4 Å². The summed E-state index contributed by atoms with van der Waals surface area (Å²) in [5.41, 5.74) is 5.89. The summed E-state index contributed by atoms with van der Waals surface area (Å²) in [6.45, 7) is 3.81. The third kappa shape index (κ3) is 7.96. The van der Waals surface area contributed by atoms with Gasteiger partial charge >= 0.3 is 5.97 Å². The number of carboxylic acid groups (broad SMARTS) is 1. The number of aliphatic carboxylic acids is 1. The van der Waals surface area contributed by atoms with Crippen molar-refractivity contribution in [2.75, 3.05) is 6.61 Å². The minimum absolute atomic E-state index is 0.0569. The SMILES string of the molecule is CC(C)C(NC(=O)C(Cc1cnc[nH]1)NC(=O)C(NC(=O)C(N)CO)C(C)O)C(=O)O. The lowest BCUT2D eigenvalue weighted by atomic mass is 10.0. The predicted octanol–water partition coefficient (Wildman–Crippen LogP) is -3.15. The maximum Gasteiger partial charge on any atom is 0.326 e. The Kier molecular flexibility index (Phi) is 10.0. The fraction of sp³-hybridized carbons (Fsp3) is 0.611. The molecule has 0 saturated heterocycles. The molecule has 5 atom stereocenters. The average molecular weight is 442 g/mol. The summed E-state index contributed by atoms with van der Waals surface area (Å²) < 4.78 is 0. The molecule has 174 valence electrons. The second-order valence-electron chi connectivity index (χ2n) is 7.43. The number of amides is 3. The number of imidazole rings is 1. The molecule has 1 heterocycles. The Morgan fingerprint density at radius 1 is 1.06 bits per heavy atom. The molecule has 0 aromatic carbocycles. The maximum absolute atomic E-state index is 12.8. The van der Waals surface area contributed by atoms with Gasteiger partial charge in [0.25, 0.3) is 0 Å². The minimum Gasteiger partial charge on any atom is -0.480 e. The topological polar surface area (TPSA) is 220 Å². The fourth-order valence-electron chi connectivity index (χ4n) is 2.60. The van der Waals surface area contributed by atoms with Crippen LogP contribution in [0.3, 0.4) is 0 Å². The van der Waals surface area contributed by atoms with Crippen molar-refractivity contribution in [2.45, 2.75) is 57.5 Å². The van der Waals surface area contributed by atoms with Crippen LogP contribution in [0, 0.1) is 5.92 Å². The highest BCUT2D eigenvalue weighted by Crippen LogP contribution is 2.06. The van der Waals surface area contributed by atoms with Crippen LogP contribution in [-0.4, -0.2) is 85.9 Å². The van der Waals surface area contributed by atoms with Gasteiger partial charge < -0.3 is 42.0 Å². The third-order valence-corrected chi connectivity index (χ3v) is 4.44. The van der Waals surface area contributed by atoms with Crippen LogP contribution >= 0.6 is 0 Å². The largest absolute Gasteiger partial charge is 0.480 e. The van der Waals surface area contributed by atoms with E-state index in [1.54, 1.807) is 13.8 Å². The Morgan fingerprint density at radius 3 is 2.13 bits per heavy atom. The van der Waals surface area contributed by atoms with Crippen LogP contribution in [0.1, 0.15) is 26.5 Å². The summed E-state index contributed by atoms with van der Waals surface area (Å²) in [5, 5.41) is 35.2. The number of aromatic amines is 1. The summed E-state index contributed by atoms with van der Waals surface area (Å²) in [6, 6.07) is -5.20. The van der Waals surface area contributed by atoms with Crippen molar-refractivity contribution in [3.8, 4) is 0 Å². The monoisotopic (exact) mass is 442 g/mol. The first-order chi connectivity index (χ1) is 14.5. The number of carbonyl (C=O) groups excluding carboxylic acids is 3. The summed E-state index contributed by atoms with van der Waals surface area (Å²) in [6.07, 6.45) is 1.39. The molecule has 9 N–H and O–H groups in total. The summed E-state index contributed by atoms with van der Waals surface area (Å²) in [5.74, 6) is -4.20. The molecule has 0 saturated carbocycles. The van der Waals surface area contributed by atoms with Crippen LogP contribution < -0.4 is 21.7 Å². The smallest absolute Gasteiger partial charge is 0.326 e. The first kappa shape index (κ1) is 26.0. The molecule has 0 aliphatic rings. The van der Waals surface area contributed by atoms with Gasteiger partial charge in [-0.05, 0) is 12.8 Å². The highest BCUT2D eigenvalue weighted by Gasteiger charge is 2.33. The number of aromatic nitrogens is 2. The molecular formula is C18H30N6O7. The molecule has 0 bridgehead atoms. The first-order valence-electron chi connectivity index (χ1n) is 9.63. The molecule has 0 aliphatic carbocycles. The minimum atomic E-state index is -1.47. The molecule has 13 heteroatoms. The molecule has 0 spiro atoms. The highest BCUT2D eigenvalue weighted by atomic mass is 16.4. The number of aliphatic hydroxyl groups is 2. The van der Waals surface area contributed by atoms with E-state index in [9.17, 15) is 29.4 Å². The third-order valence-electron chi connectivity index (χ3n) is 4.44. The average Bonchev–Trinajstić information content (AvgIpc) is 3.20. The van der Waals surface area contributed by atoms with E-state index in [4.69, 9.17) is 10.8 Å². The van der Waals surface area contributed by atoms with E-state index in [-0.39, 0.29) is 6.42 Å². The van der Waals surface area contributed by atoms with E-state index < -0.39 is 66.5 Å². The molecule has 1 aromatic heterocycles. The number of carboxylic acids is 1. The molecule has 3 amide bonds. The van der Waals surface area contributed by atoms with E-state index in [0.717, 1.165) is 0 Å². The van der Waals surface area contributed by atoms with Crippen molar-refractivity contribution < 1.29 is 34.5 Å². The number of carbonyl (C=O) groups is 4. The molecule has 0 fully saturated rings. The zero-order chi connectivity index (χ0) is 23.7. The van der Waals surface area contributed by atoms with Crippen LogP contribution in [0.2, 0.25) is 0 Å². The van der Waals surface area contributed by atoms with Crippen molar-refractivity contribution >= 4 is 23.7 Å². The van der Waals surface area contributed by atoms with E-state index in [1.807, 2.05) is 0 Å². The van der Waals surface area contributed by atoms with Crippen molar-refractivity contribution in [1.29, 1.82) is 0 Å². The van der Waals surface area contributed by atoms with Gasteiger partial charge in [0.05, 0.1) is 19.0 Å². The quantitative estimate of drug-likeness (QED) is 0.163. The highest BCUT2D eigenvalue weighted by molar-refractivity contribution is 5.94. The summed E-state index contributed by atoms with van der Waals surface area (Å²) >= 11 is 0. The van der Waals surface area contributed by atoms with Crippen LogP contribution in [0.25, 0.3) is 0 Å². The van der Waals surface area contributed by atoms with Gasteiger partial charge in [0, 0.05) is 18.3 Å². The number of nitrogens with two attached hydrogens (primary N) is 1. The number of nitrogens with one attached hydrogen (secondary N) is 4. The summed E-state index contributed by atoms with van der Waals surface area (Å²) in [7, 11) is 0. The van der Waals surface area contributed by atoms with Crippen molar-refractivity contribution in [2.24, 2.45) is 11.7 Å². The standard InChI is InChI=1S/C18H30N6O7/c1-8(2)13(18(30)31)23-16(28)12(4-10-5-20-7-21-10)22-17(29)14(9(3)26)24-15(27)11(19)6-25/h5,7-9,11-14,25-26H,4,6,19H2,1-3H3,(H,20,21)(H,22,29)(H,23,28)(H,24,27)(H,30,31). The number of nitrogens with zero attached hydrogens (tertiary/aromatic N) is 1. The number of rotatable bonds is 12. The first-order valence-corrected chi connectivity index (χ1v) is 9.63. The number of aliphatic hydroxyl groups excluding tert-OH is 2. The molecule has 1 rings (SSSR count). The van der Waals surface area contributed by atoms with E-state index >= 15 is 0 Å². The van der Waals surface area contributed by atoms with Crippen molar-refractivity contribution in [1.82, 2.24) is 25.9 Å². The van der Waals surface area contributed by atoms with Crippen LogP contribution in [0.4, 0.5) is 0 Å². The van der Waals surface area contributed by atoms with Gasteiger partial charge in [-0.2, -0.15) is 0 Å². The molecule has 0 radical (unpaired) electrons. The Morgan fingerprint density at radius 2 is 1.68 bits per heavy atom. The maximum atomic E-state index is 12.8. The normalized spacial score (nSPS) is 16.0. The van der Waals surface area contributed by atoms with Gasteiger partial charge in [0.2, 0.25) is 17.7 Å². The van der Waals surface area contributed by atoms with Gasteiger partial charge in [0.15, 0.2) is 0 Å². The molecule has 1 aromatic rings. The second-order valence-corrected chi connectivity index (χ2v) is 7.43. The van der Waals surface area contributed by atoms with Crippen LogP contribution in [0.15, 0.2) is 12.5 Å². The van der Waals surface area contributed by atoms with Crippen molar-refractivity contribution in [3.63, 3.8) is 0 Å². The fourth-order valence-corrected chi connectivity index (χ4v) is 2.60. The molecule has 31 heavy (non-hydrogen) atoms. The van der Waals surface area contributed by atoms with E-state index in [2.05, 4.69) is 25.9 Å². The Labute approximate surface area is 178 Å². The van der Waals surface area contributed by atoms with Crippen molar-refractivity contribution in [3.05, 3.63) is 18.2 Å². The summed E-state index contributed by atoms with van der Waals surface area (Å²) in [4.78, 5) is 55.4. The number of hydrogen-bond acceptors (Lipinski definition) is 8. The zero-order valence-electron chi connectivity index (χ0n) is 17.5. The van der Waals surface area contributed by atoms with Gasteiger partial charge in [-0.1, -0.05) is 13.8 Å². The molecular weight excluding hydrogens is 412 g/mol. The lowest BCUT2D eigenvalue weighted by Crippen LogP contribution is -2.60. The lowest BCUT2D eigenvalue weighted by Gasteiger charge is -2.26. The Balaban J connectivity index is 3.03. The lowest BCUT2D eigenvalue weighted by molar-refractivity contribution is -0.143. The van der Waals surface area contributed by atoms with Gasteiger partial charge in [-0.25, -0.2) is 9.78 Å². The van der Waals surface area contributed by atoms with E-state index in [0.29, 0.717) is 5.69 Å². The van der Waals surface area contributed by atoms with Gasteiger partial charge in [0.1, 0.15) is 24.2 Å². The second kappa shape index (κ2) is 12.0. The number of hydrogen-bond donors (Lipinski definition) is 8. The van der Waals surface area contributed by atoms with Crippen LogP contribution in [0.5, 0.6) is 0 Å². The zero-order valence-corrected chi connectivity index (χ0v) is 17.5. The predicted molar refractivity (Wildman–Crippen MR) is 107 cm³/mol. The molecule has 5 unspecified atom stereocenters.